The van der Waals surface area contributed by atoms with E-state index in [1.165, 1.54) is 6.07 Å². The Hall–Kier alpha value is -3.96. The van der Waals surface area contributed by atoms with Crippen LogP contribution in [-0.2, 0) is 20.8 Å². The Labute approximate surface area is 269 Å². The number of amides is 1. The molecule has 1 saturated heterocycles. The minimum absolute atomic E-state index is 0.0585. The summed E-state index contributed by atoms with van der Waals surface area (Å²) >= 11 is 0. The van der Waals surface area contributed by atoms with E-state index in [9.17, 15) is 9.18 Å². The van der Waals surface area contributed by atoms with E-state index in [2.05, 4.69) is 15.9 Å². The van der Waals surface area contributed by atoms with Crippen molar-refractivity contribution in [2.45, 2.75) is 103 Å². The zero-order chi connectivity index (χ0) is 32.6. The summed E-state index contributed by atoms with van der Waals surface area (Å²) in [6, 6.07) is 8.73. The van der Waals surface area contributed by atoms with E-state index in [-0.39, 0.29) is 30.7 Å². The number of aromatic nitrogens is 4. The number of ether oxygens (including phenoxy) is 4. The van der Waals surface area contributed by atoms with Gasteiger partial charge in [-0.2, -0.15) is 5.10 Å². The maximum atomic E-state index is 14.3. The number of rotatable bonds is 8. The first-order chi connectivity index (χ1) is 21.9. The second kappa shape index (κ2) is 12.7. The zero-order valence-corrected chi connectivity index (χ0v) is 27.5. The minimum atomic E-state index is -0.596. The lowest BCUT2D eigenvalue weighted by Crippen LogP contribution is -2.46. The molecule has 1 amide bonds. The monoisotopic (exact) mass is 633 g/mol. The third-order valence-corrected chi connectivity index (χ3v) is 8.62. The normalized spacial score (nSPS) is 21.4. The van der Waals surface area contributed by atoms with Crippen LogP contribution < -0.4 is 9.64 Å². The minimum Gasteiger partial charge on any atom is -0.487 e. The third-order valence-electron chi connectivity index (χ3n) is 8.62. The van der Waals surface area contributed by atoms with E-state index in [0.717, 1.165) is 47.7 Å². The molecule has 4 heterocycles. The van der Waals surface area contributed by atoms with Gasteiger partial charge in [-0.15, -0.1) is 0 Å². The van der Waals surface area contributed by atoms with Gasteiger partial charge in [0.05, 0.1) is 37.6 Å². The molecule has 0 unspecified atom stereocenters. The Morgan fingerprint density at radius 3 is 2.57 bits per heavy atom. The third kappa shape index (κ3) is 6.76. The van der Waals surface area contributed by atoms with Crippen molar-refractivity contribution in [1.29, 1.82) is 0 Å². The van der Waals surface area contributed by atoms with E-state index in [0.29, 0.717) is 24.7 Å². The molecule has 6 rings (SSSR count). The Morgan fingerprint density at radius 2 is 1.89 bits per heavy atom. The molecule has 2 fully saturated rings. The Balaban J connectivity index is 1.32. The summed E-state index contributed by atoms with van der Waals surface area (Å²) in [7, 11) is 0. The topological polar surface area (TPSA) is 92.9 Å². The number of benzene rings is 1. The van der Waals surface area contributed by atoms with Gasteiger partial charge in [-0.1, -0.05) is 12.1 Å². The number of carbonyl (C=O) groups excluding carboxylic acids is 1. The first kappa shape index (κ1) is 32.0. The predicted molar refractivity (Wildman–Crippen MR) is 173 cm³/mol. The Kier molecular flexibility index (Phi) is 8.82. The average molecular weight is 634 g/mol. The number of hydrogen-bond donors (Lipinski definition) is 0. The van der Waals surface area contributed by atoms with Crippen molar-refractivity contribution in [2.75, 3.05) is 18.1 Å². The molecule has 3 aromatic heterocycles. The van der Waals surface area contributed by atoms with Crippen LogP contribution in [0.5, 0.6) is 5.75 Å². The van der Waals surface area contributed by atoms with Crippen LogP contribution in [-0.4, -0.2) is 62.2 Å². The lowest BCUT2D eigenvalue weighted by Gasteiger charge is -2.34. The summed E-state index contributed by atoms with van der Waals surface area (Å²) in [5, 5.41) is 5.61. The molecule has 0 bridgehead atoms. The van der Waals surface area contributed by atoms with Crippen LogP contribution in [0.3, 0.4) is 0 Å². The van der Waals surface area contributed by atoms with Crippen LogP contribution >= 0.6 is 0 Å². The molecule has 1 atom stereocenters. The Bertz CT molecular complexity index is 1680. The second-order valence-corrected chi connectivity index (χ2v) is 13.6. The lowest BCUT2D eigenvalue weighted by atomic mass is 9.92. The van der Waals surface area contributed by atoms with Crippen LogP contribution in [0.25, 0.3) is 22.0 Å². The van der Waals surface area contributed by atoms with E-state index >= 15 is 0 Å². The summed E-state index contributed by atoms with van der Waals surface area (Å²) < 4.78 is 41.7. The fourth-order valence-corrected chi connectivity index (χ4v) is 6.51. The van der Waals surface area contributed by atoms with Crippen molar-refractivity contribution in [1.82, 2.24) is 19.3 Å². The molecule has 0 spiro atoms. The summed E-state index contributed by atoms with van der Waals surface area (Å²) in [5.74, 6) is -0.113. The molecule has 1 aliphatic carbocycles. The summed E-state index contributed by atoms with van der Waals surface area (Å²) in [4.78, 5) is 19.5. The molecular formula is C35H44FN5O5. The van der Waals surface area contributed by atoms with Crippen LogP contribution in [0.4, 0.5) is 15.0 Å². The molecule has 1 saturated carbocycles. The zero-order valence-electron chi connectivity index (χ0n) is 27.5. The van der Waals surface area contributed by atoms with Crippen molar-refractivity contribution in [3.05, 3.63) is 60.9 Å². The predicted octanol–water partition coefficient (Wildman–Crippen LogP) is 7.51. The van der Waals surface area contributed by atoms with Gasteiger partial charge in [0.1, 0.15) is 11.9 Å². The van der Waals surface area contributed by atoms with Crippen molar-refractivity contribution in [3.63, 3.8) is 0 Å². The molecule has 11 heteroatoms. The number of para-hydroxylation sites is 1. The molecule has 0 radical (unpaired) electrons. The number of fused-ring (bicyclic) bond motifs is 1. The number of pyridine rings is 1. The molecule has 1 aliphatic heterocycles. The molecule has 46 heavy (non-hydrogen) atoms. The molecular weight excluding hydrogens is 589 g/mol. The highest BCUT2D eigenvalue weighted by Crippen LogP contribution is 2.39. The maximum absolute atomic E-state index is 14.3. The van der Waals surface area contributed by atoms with Gasteiger partial charge in [-0.3, -0.25) is 9.58 Å². The van der Waals surface area contributed by atoms with Crippen molar-refractivity contribution >= 4 is 22.8 Å². The average Bonchev–Trinajstić information content (AvgIpc) is 3.71. The van der Waals surface area contributed by atoms with E-state index < -0.39 is 17.4 Å². The number of anilines is 1. The van der Waals surface area contributed by atoms with Crippen LogP contribution in [0.15, 0.2) is 55.1 Å². The quantitative estimate of drug-likeness (QED) is 0.198. The lowest BCUT2D eigenvalue weighted by molar-refractivity contribution is -0.139. The molecule has 4 aromatic rings. The van der Waals surface area contributed by atoms with Gasteiger partial charge in [0, 0.05) is 52.8 Å². The fourth-order valence-electron chi connectivity index (χ4n) is 6.51. The largest absolute Gasteiger partial charge is 0.487 e. The molecule has 2 aliphatic rings. The van der Waals surface area contributed by atoms with Crippen molar-refractivity contribution < 1.29 is 28.1 Å². The smallest absolute Gasteiger partial charge is 0.415 e. The highest BCUT2D eigenvalue weighted by molar-refractivity contribution is 5.98. The van der Waals surface area contributed by atoms with Crippen LogP contribution in [0, 0.1) is 5.82 Å². The summed E-state index contributed by atoms with van der Waals surface area (Å²) in [6.07, 6.45) is 10.6. The summed E-state index contributed by atoms with van der Waals surface area (Å²) in [6.45, 7) is 12.9. The number of halogens is 1. The van der Waals surface area contributed by atoms with Gasteiger partial charge in [0.15, 0.2) is 17.4 Å². The number of hydrogen-bond acceptors (Lipinski definition) is 7. The second-order valence-electron chi connectivity index (χ2n) is 13.6. The van der Waals surface area contributed by atoms with Gasteiger partial charge < -0.3 is 23.5 Å². The first-order valence-electron chi connectivity index (χ1n) is 16.1. The van der Waals surface area contributed by atoms with Gasteiger partial charge in [0.2, 0.25) is 0 Å². The van der Waals surface area contributed by atoms with Crippen molar-refractivity contribution in [2.24, 2.45) is 0 Å². The van der Waals surface area contributed by atoms with Crippen LogP contribution in [0.1, 0.15) is 73.3 Å². The fraction of sp³-hybridized carbons (Fsp3) is 0.514. The van der Waals surface area contributed by atoms with Gasteiger partial charge >= 0.3 is 6.09 Å². The number of carbonyl (C=O) groups is 1. The summed E-state index contributed by atoms with van der Waals surface area (Å²) in [5.41, 5.74) is 2.38. The SMILES string of the molecule is CCOC(=O)N(c1cc2c(cn1)c(-c1cnn(C[C@@H]3COC(C)(C)O3)c1)cn2C1CCC(Oc2ccccc2F)CC1)C(C)(C)C. The van der Waals surface area contributed by atoms with Gasteiger partial charge in [0.25, 0.3) is 0 Å². The van der Waals surface area contributed by atoms with Gasteiger partial charge in [-0.25, -0.2) is 14.2 Å². The van der Waals surface area contributed by atoms with Gasteiger partial charge in [-0.05, 0) is 79.4 Å². The molecule has 246 valence electrons. The highest BCUT2D eigenvalue weighted by atomic mass is 19.1. The van der Waals surface area contributed by atoms with E-state index in [1.807, 2.05) is 64.0 Å². The maximum Gasteiger partial charge on any atom is 0.415 e. The number of nitrogens with zero attached hydrogens (tertiary/aromatic N) is 5. The first-order valence-corrected chi connectivity index (χ1v) is 16.1. The van der Waals surface area contributed by atoms with E-state index in [1.54, 1.807) is 30.0 Å². The van der Waals surface area contributed by atoms with Crippen LogP contribution in [0.2, 0.25) is 0 Å². The van der Waals surface area contributed by atoms with E-state index in [4.69, 9.17) is 23.9 Å². The molecule has 1 aromatic carbocycles. The standard InChI is InChI=1S/C35H44FN5O5/c1-7-43-33(42)41(34(2,3)4)32-16-30-27(18-37-32)28(23-17-38-39(19-23)20-26-22-44-35(5,6)46-26)21-40(30)24-12-14-25(15-13-24)45-31-11-9-8-10-29(31)36/h8-11,16-19,21,24-26H,7,12-15,20,22H2,1-6H3/t24?,25?,26-/m1/s1. The highest BCUT2D eigenvalue weighted by Gasteiger charge is 2.34. The Morgan fingerprint density at radius 1 is 1.13 bits per heavy atom. The molecule has 10 nitrogen and oxygen atoms in total. The van der Waals surface area contributed by atoms with Crippen molar-refractivity contribution in [3.8, 4) is 16.9 Å². The molecule has 0 N–H and O–H groups in total.